The van der Waals surface area contributed by atoms with Crippen LogP contribution in [0.25, 0.3) is 0 Å². The van der Waals surface area contributed by atoms with Gasteiger partial charge in [0, 0.05) is 13.3 Å². The van der Waals surface area contributed by atoms with Crippen LogP contribution in [0.5, 0.6) is 5.75 Å². The third-order valence-electron chi connectivity index (χ3n) is 3.20. The van der Waals surface area contributed by atoms with Crippen molar-refractivity contribution in [3.8, 4) is 5.75 Å². The standard InChI is InChI=1S/C10H20O2.C9H9NO3/c1-3-5-6-7-8-9-10(11)12-4-2;1-6(11)13-8-5-3-2-4-7(8)9(10)12/h3-9H2,1-2H3;2-5H,1H3,(H2,10,12). The molecule has 0 unspecified atom stereocenters. The zero-order chi connectivity index (χ0) is 19.1. The number of hydrogen-bond acceptors (Lipinski definition) is 5. The minimum absolute atomic E-state index is 0.0472. The molecule has 1 amide bonds. The number of benzene rings is 1. The zero-order valence-electron chi connectivity index (χ0n) is 15.4. The van der Waals surface area contributed by atoms with Gasteiger partial charge >= 0.3 is 11.9 Å². The van der Waals surface area contributed by atoms with Gasteiger partial charge in [-0.05, 0) is 25.5 Å². The number of nitrogens with two attached hydrogens (primary N) is 1. The van der Waals surface area contributed by atoms with Crippen molar-refractivity contribution >= 4 is 17.8 Å². The average Bonchev–Trinajstić information content (AvgIpc) is 2.55. The second-order valence-corrected chi connectivity index (χ2v) is 5.42. The van der Waals surface area contributed by atoms with Gasteiger partial charge in [0.1, 0.15) is 5.75 Å². The Morgan fingerprint density at radius 3 is 2.20 bits per heavy atom. The first-order valence-corrected chi connectivity index (χ1v) is 8.65. The van der Waals surface area contributed by atoms with Gasteiger partial charge in [-0.25, -0.2) is 0 Å². The van der Waals surface area contributed by atoms with Crippen LogP contribution in [0, 0.1) is 0 Å². The summed E-state index contributed by atoms with van der Waals surface area (Å²) in [5, 5.41) is 0. The summed E-state index contributed by atoms with van der Waals surface area (Å²) in [6.07, 6.45) is 6.52. The van der Waals surface area contributed by atoms with Crippen LogP contribution in [0.2, 0.25) is 0 Å². The van der Waals surface area contributed by atoms with Gasteiger partial charge in [0.25, 0.3) is 5.91 Å². The molecule has 0 atom stereocenters. The van der Waals surface area contributed by atoms with E-state index in [-0.39, 0.29) is 17.3 Å². The monoisotopic (exact) mass is 351 g/mol. The van der Waals surface area contributed by atoms with Gasteiger partial charge in [0.2, 0.25) is 0 Å². The molecule has 0 bridgehead atoms. The predicted molar refractivity (Wildman–Crippen MR) is 96.3 cm³/mol. The maximum Gasteiger partial charge on any atom is 0.308 e. The van der Waals surface area contributed by atoms with Gasteiger partial charge in [-0.3, -0.25) is 14.4 Å². The summed E-state index contributed by atoms with van der Waals surface area (Å²) >= 11 is 0. The van der Waals surface area contributed by atoms with Gasteiger partial charge in [-0.2, -0.15) is 0 Å². The summed E-state index contributed by atoms with van der Waals surface area (Å²) in [5.41, 5.74) is 5.27. The van der Waals surface area contributed by atoms with Crippen molar-refractivity contribution in [2.75, 3.05) is 6.61 Å². The molecular formula is C19H29NO5. The fourth-order valence-electron chi connectivity index (χ4n) is 2.02. The van der Waals surface area contributed by atoms with Crippen LogP contribution >= 0.6 is 0 Å². The molecule has 1 aromatic carbocycles. The Morgan fingerprint density at radius 2 is 1.64 bits per heavy atom. The first-order chi connectivity index (χ1) is 11.9. The van der Waals surface area contributed by atoms with Crippen molar-refractivity contribution in [1.29, 1.82) is 0 Å². The Morgan fingerprint density at radius 1 is 1.00 bits per heavy atom. The van der Waals surface area contributed by atoms with Gasteiger partial charge in [0.05, 0.1) is 12.2 Å². The first kappa shape index (κ1) is 22.6. The summed E-state index contributed by atoms with van der Waals surface area (Å²) in [6, 6.07) is 6.32. The molecule has 0 radical (unpaired) electrons. The lowest BCUT2D eigenvalue weighted by molar-refractivity contribution is -0.143. The summed E-state index contributed by atoms with van der Waals surface area (Å²) in [4.78, 5) is 32.3. The van der Waals surface area contributed by atoms with E-state index >= 15 is 0 Å². The second kappa shape index (κ2) is 14.0. The highest BCUT2D eigenvalue weighted by atomic mass is 16.5. The molecular weight excluding hydrogens is 322 g/mol. The van der Waals surface area contributed by atoms with Crippen molar-refractivity contribution in [3.63, 3.8) is 0 Å². The molecule has 140 valence electrons. The number of carbonyl (C=O) groups excluding carboxylic acids is 3. The van der Waals surface area contributed by atoms with Gasteiger partial charge in [0.15, 0.2) is 0 Å². The lowest BCUT2D eigenvalue weighted by atomic mass is 10.1. The minimum Gasteiger partial charge on any atom is -0.466 e. The van der Waals surface area contributed by atoms with Crippen LogP contribution in [0.1, 0.15) is 69.7 Å². The van der Waals surface area contributed by atoms with Crippen molar-refractivity contribution in [1.82, 2.24) is 0 Å². The van der Waals surface area contributed by atoms with Crippen molar-refractivity contribution in [2.24, 2.45) is 5.73 Å². The van der Waals surface area contributed by atoms with Gasteiger partial charge in [-0.15, -0.1) is 0 Å². The Bertz CT molecular complexity index is 542. The largest absolute Gasteiger partial charge is 0.466 e. The Hall–Kier alpha value is -2.37. The fraction of sp³-hybridized carbons (Fsp3) is 0.526. The molecule has 1 rings (SSSR count). The van der Waals surface area contributed by atoms with Crippen LogP contribution in [-0.2, 0) is 14.3 Å². The summed E-state index contributed by atoms with van der Waals surface area (Å²) < 4.78 is 9.58. The molecule has 0 aliphatic carbocycles. The first-order valence-electron chi connectivity index (χ1n) is 8.65. The summed E-state index contributed by atoms with van der Waals surface area (Å²) in [7, 11) is 0. The normalized spacial score (nSPS) is 9.56. The number of unbranched alkanes of at least 4 members (excludes halogenated alkanes) is 4. The minimum atomic E-state index is -0.614. The molecule has 0 aliphatic rings. The third kappa shape index (κ3) is 11.8. The number of carbonyl (C=O) groups is 3. The molecule has 25 heavy (non-hydrogen) atoms. The molecule has 6 nitrogen and oxygen atoms in total. The Kier molecular flexibility index (Phi) is 12.7. The molecule has 6 heteroatoms. The molecule has 0 heterocycles. The van der Waals surface area contributed by atoms with Crippen LogP contribution in [-0.4, -0.2) is 24.5 Å². The molecule has 1 aromatic rings. The van der Waals surface area contributed by atoms with Gasteiger partial charge < -0.3 is 15.2 Å². The molecule has 0 aliphatic heterocycles. The third-order valence-corrected chi connectivity index (χ3v) is 3.20. The lowest BCUT2D eigenvalue weighted by Crippen LogP contribution is -2.14. The summed E-state index contributed by atoms with van der Waals surface area (Å²) in [5.74, 6) is -0.943. The number of ether oxygens (including phenoxy) is 2. The zero-order valence-corrected chi connectivity index (χ0v) is 15.4. The van der Waals surface area contributed by atoms with E-state index < -0.39 is 11.9 Å². The quantitative estimate of drug-likeness (QED) is 0.416. The van der Waals surface area contributed by atoms with E-state index in [1.165, 1.54) is 38.3 Å². The van der Waals surface area contributed by atoms with Crippen LogP contribution in [0.3, 0.4) is 0 Å². The predicted octanol–water partition coefficient (Wildman–Crippen LogP) is 3.62. The number of hydrogen-bond donors (Lipinski definition) is 1. The number of primary amides is 1. The van der Waals surface area contributed by atoms with Crippen molar-refractivity contribution in [2.45, 2.75) is 59.3 Å². The van der Waals surface area contributed by atoms with Crippen molar-refractivity contribution in [3.05, 3.63) is 29.8 Å². The highest BCUT2D eigenvalue weighted by Gasteiger charge is 2.09. The number of rotatable bonds is 9. The lowest BCUT2D eigenvalue weighted by Gasteiger charge is -2.04. The Labute approximate surface area is 149 Å². The molecule has 0 fully saturated rings. The molecule has 0 saturated heterocycles. The van der Waals surface area contributed by atoms with E-state index in [4.69, 9.17) is 15.2 Å². The maximum atomic E-state index is 10.9. The molecule has 0 aromatic heterocycles. The van der Waals surface area contributed by atoms with Crippen LogP contribution in [0.4, 0.5) is 0 Å². The molecule has 0 spiro atoms. The topological polar surface area (TPSA) is 95.7 Å². The highest BCUT2D eigenvalue weighted by molar-refractivity contribution is 5.96. The van der Waals surface area contributed by atoms with E-state index in [2.05, 4.69) is 6.92 Å². The fourth-order valence-corrected chi connectivity index (χ4v) is 2.02. The van der Waals surface area contributed by atoms with E-state index in [1.54, 1.807) is 12.1 Å². The van der Waals surface area contributed by atoms with Crippen LogP contribution < -0.4 is 10.5 Å². The maximum absolute atomic E-state index is 10.9. The summed E-state index contributed by atoms with van der Waals surface area (Å²) in [6.45, 7) is 5.80. The van der Waals surface area contributed by atoms with Crippen molar-refractivity contribution < 1.29 is 23.9 Å². The van der Waals surface area contributed by atoms with E-state index in [0.29, 0.717) is 13.0 Å². The average molecular weight is 351 g/mol. The highest BCUT2D eigenvalue weighted by Crippen LogP contribution is 2.16. The van der Waals surface area contributed by atoms with E-state index in [1.807, 2.05) is 6.92 Å². The number of para-hydroxylation sites is 1. The van der Waals surface area contributed by atoms with E-state index in [0.717, 1.165) is 12.8 Å². The number of esters is 2. The van der Waals surface area contributed by atoms with Gasteiger partial charge in [-0.1, -0.05) is 44.7 Å². The van der Waals surface area contributed by atoms with Crippen LogP contribution in [0.15, 0.2) is 24.3 Å². The van der Waals surface area contributed by atoms with E-state index in [9.17, 15) is 14.4 Å². The second-order valence-electron chi connectivity index (χ2n) is 5.42. The molecule has 0 saturated carbocycles. The number of amides is 1. The molecule has 2 N–H and O–H groups in total. The Balaban J connectivity index is 0.000000463. The SMILES string of the molecule is CC(=O)Oc1ccccc1C(N)=O.CCCCCCCC(=O)OCC. The smallest absolute Gasteiger partial charge is 0.308 e.